The van der Waals surface area contributed by atoms with Gasteiger partial charge in [0.15, 0.2) is 5.76 Å². The second-order valence-electron chi connectivity index (χ2n) is 7.31. The molecule has 2 amide bonds. The van der Waals surface area contributed by atoms with E-state index in [1.165, 1.54) is 17.6 Å². The summed E-state index contributed by atoms with van der Waals surface area (Å²) in [6.07, 6.45) is 3.52. The van der Waals surface area contributed by atoms with Crippen LogP contribution in [0, 0.1) is 0 Å². The summed E-state index contributed by atoms with van der Waals surface area (Å²) in [6.45, 7) is 0.459. The predicted octanol–water partition coefficient (Wildman–Crippen LogP) is 4.46. The minimum atomic E-state index is -0.130. The monoisotopic (exact) mass is 409 g/mol. The Morgan fingerprint density at radius 3 is 2.62 bits per heavy atom. The topological polar surface area (TPSA) is 65.8 Å². The van der Waals surface area contributed by atoms with E-state index in [0.29, 0.717) is 22.9 Å². The van der Waals surface area contributed by atoms with E-state index in [1.807, 2.05) is 53.5 Å². The van der Waals surface area contributed by atoms with Crippen molar-refractivity contribution >= 4 is 34.5 Å². The lowest BCUT2D eigenvalue weighted by Gasteiger charge is -2.25. The van der Waals surface area contributed by atoms with Crippen molar-refractivity contribution in [3.8, 4) is 0 Å². The Morgan fingerprint density at radius 1 is 1.17 bits per heavy atom. The van der Waals surface area contributed by atoms with Gasteiger partial charge in [-0.1, -0.05) is 6.07 Å². The first-order valence-corrected chi connectivity index (χ1v) is 10.4. The molecule has 0 aliphatic heterocycles. The third-order valence-corrected chi connectivity index (χ3v) is 5.75. The Labute approximate surface area is 173 Å². The van der Waals surface area contributed by atoms with Gasteiger partial charge in [0.1, 0.15) is 0 Å². The maximum atomic E-state index is 12.9. The van der Waals surface area contributed by atoms with Crippen LogP contribution in [0.3, 0.4) is 0 Å². The molecule has 150 valence electrons. The maximum Gasteiger partial charge on any atom is 0.290 e. The molecule has 0 bridgehead atoms. The van der Waals surface area contributed by atoms with E-state index in [0.717, 1.165) is 24.1 Å². The van der Waals surface area contributed by atoms with Gasteiger partial charge in [-0.15, -0.1) is 11.3 Å². The minimum absolute atomic E-state index is 0.102. The van der Waals surface area contributed by atoms with Crippen LogP contribution < -0.4 is 10.2 Å². The standard InChI is InChI=1S/C22H23N3O3S/c1-24(2)18-10-7-16(23-21(26)20-6-4-12-29-20)13-15(18)14-25(17-8-9-17)22(27)19-5-3-11-28-19/h3-7,10-13,17H,8-9,14H2,1-2H3,(H,23,26). The van der Waals surface area contributed by atoms with E-state index in [2.05, 4.69) is 5.32 Å². The quantitative estimate of drug-likeness (QED) is 0.626. The highest BCUT2D eigenvalue weighted by Crippen LogP contribution is 2.33. The van der Waals surface area contributed by atoms with Gasteiger partial charge in [0.25, 0.3) is 11.8 Å². The fourth-order valence-electron chi connectivity index (χ4n) is 3.30. The molecule has 2 aromatic heterocycles. The van der Waals surface area contributed by atoms with Gasteiger partial charge < -0.3 is 19.5 Å². The molecule has 1 saturated carbocycles. The highest BCUT2D eigenvalue weighted by atomic mass is 32.1. The Balaban J connectivity index is 1.60. The Bertz CT molecular complexity index is 993. The Hall–Kier alpha value is -3.06. The van der Waals surface area contributed by atoms with Gasteiger partial charge in [-0.25, -0.2) is 0 Å². The zero-order valence-electron chi connectivity index (χ0n) is 16.4. The third-order valence-electron chi connectivity index (χ3n) is 4.89. The van der Waals surface area contributed by atoms with Crippen molar-refractivity contribution in [2.24, 2.45) is 0 Å². The number of hydrogen-bond acceptors (Lipinski definition) is 5. The first-order chi connectivity index (χ1) is 14.0. The molecule has 29 heavy (non-hydrogen) atoms. The summed E-state index contributed by atoms with van der Waals surface area (Å²) in [7, 11) is 3.94. The molecule has 1 aliphatic carbocycles. The number of hydrogen-bond donors (Lipinski definition) is 1. The molecule has 7 heteroatoms. The van der Waals surface area contributed by atoms with Gasteiger partial charge in [0.2, 0.25) is 0 Å². The molecule has 3 aromatic rings. The molecule has 1 fully saturated rings. The molecule has 1 aromatic carbocycles. The van der Waals surface area contributed by atoms with E-state index in [-0.39, 0.29) is 17.9 Å². The number of nitrogens with one attached hydrogen (secondary N) is 1. The molecule has 0 spiro atoms. The summed E-state index contributed by atoms with van der Waals surface area (Å²) in [5.41, 5.74) is 2.70. The average Bonchev–Trinajstić information content (AvgIpc) is 3.17. The lowest BCUT2D eigenvalue weighted by Crippen LogP contribution is -2.33. The number of thiophene rings is 1. The van der Waals surface area contributed by atoms with Crippen molar-refractivity contribution in [3.63, 3.8) is 0 Å². The average molecular weight is 410 g/mol. The van der Waals surface area contributed by atoms with Crippen molar-refractivity contribution in [2.45, 2.75) is 25.4 Å². The SMILES string of the molecule is CN(C)c1ccc(NC(=O)c2cccs2)cc1CN(C(=O)c1ccco1)C1CC1. The van der Waals surface area contributed by atoms with Gasteiger partial charge in [0, 0.05) is 38.1 Å². The van der Waals surface area contributed by atoms with Gasteiger partial charge in [0.05, 0.1) is 11.1 Å². The summed E-state index contributed by atoms with van der Waals surface area (Å²) in [4.78, 5) is 29.9. The first-order valence-electron chi connectivity index (χ1n) is 9.52. The molecular formula is C22H23N3O3S. The highest BCUT2D eigenvalue weighted by molar-refractivity contribution is 7.12. The molecule has 0 atom stereocenters. The predicted molar refractivity (Wildman–Crippen MR) is 115 cm³/mol. The number of anilines is 2. The van der Waals surface area contributed by atoms with Crippen LogP contribution in [-0.2, 0) is 6.54 Å². The fourth-order valence-corrected chi connectivity index (χ4v) is 3.92. The molecule has 1 N–H and O–H groups in total. The number of nitrogens with zero attached hydrogens (tertiary/aromatic N) is 2. The highest BCUT2D eigenvalue weighted by Gasteiger charge is 2.34. The molecular weight excluding hydrogens is 386 g/mol. The number of furan rings is 1. The lowest BCUT2D eigenvalue weighted by atomic mass is 10.1. The molecule has 1 aliphatic rings. The fraction of sp³-hybridized carbons (Fsp3) is 0.273. The smallest absolute Gasteiger partial charge is 0.290 e. The molecule has 6 nitrogen and oxygen atoms in total. The number of carbonyl (C=O) groups excluding carboxylic acids is 2. The maximum absolute atomic E-state index is 12.9. The second kappa shape index (κ2) is 8.13. The summed E-state index contributed by atoms with van der Waals surface area (Å²) in [6, 6.07) is 13.1. The number of rotatable bonds is 7. The molecule has 0 saturated heterocycles. The minimum Gasteiger partial charge on any atom is -0.459 e. The van der Waals surface area contributed by atoms with E-state index in [9.17, 15) is 9.59 Å². The second-order valence-corrected chi connectivity index (χ2v) is 8.26. The van der Waals surface area contributed by atoms with E-state index < -0.39 is 0 Å². The largest absolute Gasteiger partial charge is 0.459 e. The van der Waals surface area contributed by atoms with Crippen molar-refractivity contribution in [2.75, 3.05) is 24.3 Å². The third kappa shape index (κ3) is 4.35. The first kappa shape index (κ1) is 19.3. The van der Waals surface area contributed by atoms with Gasteiger partial charge in [-0.05, 0) is 60.2 Å². The van der Waals surface area contributed by atoms with Crippen LogP contribution in [0.4, 0.5) is 11.4 Å². The molecule has 2 heterocycles. The van der Waals surface area contributed by atoms with E-state index in [4.69, 9.17) is 4.42 Å². The van der Waals surface area contributed by atoms with Crippen LogP contribution in [0.5, 0.6) is 0 Å². The number of amides is 2. The van der Waals surface area contributed by atoms with E-state index in [1.54, 1.807) is 18.2 Å². The number of benzene rings is 1. The van der Waals surface area contributed by atoms with Crippen LogP contribution in [0.15, 0.2) is 58.5 Å². The van der Waals surface area contributed by atoms with Crippen LogP contribution in [0.1, 0.15) is 38.6 Å². The van der Waals surface area contributed by atoms with Crippen molar-refractivity contribution in [3.05, 3.63) is 70.3 Å². The van der Waals surface area contributed by atoms with Gasteiger partial charge >= 0.3 is 0 Å². The van der Waals surface area contributed by atoms with Crippen molar-refractivity contribution in [1.82, 2.24) is 4.90 Å². The summed E-state index contributed by atoms with van der Waals surface area (Å²) in [5.74, 6) is 0.120. The summed E-state index contributed by atoms with van der Waals surface area (Å²) >= 11 is 1.40. The van der Waals surface area contributed by atoms with Crippen molar-refractivity contribution in [1.29, 1.82) is 0 Å². The van der Waals surface area contributed by atoms with E-state index >= 15 is 0 Å². The molecule has 4 rings (SSSR count). The molecule has 0 radical (unpaired) electrons. The van der Waals surface area contributed by atoms with Crippen molar-refractivity contribution < 1.29 is 14.0 Å². The van der Waals surface area contributed by atoms with Gasteiger partial charge in [-0.3, -0.25) is 9.59 Å². The Morgan fingerprint density at radius 2 is 2.00 bits per heavy atom. The summed E-state index contributed by atoms with van der Waals surface area (Å²) < 4.78 is 5.33. The lowest BCUT2D eigenvalue weighted by molar-refractivity contribution is 0.0697. The normalized spacial score (nSPS) is 13.2. The number of carbonyl (C=O) groups is 2. The zero-order valence-corrected chi connectivity index (χ0v) is 17.2. The van der Waals surface area contributed by atoms with Crippen LogP contribution >= 0.6 is 11.3 Å². The Kier molecular flexibility index (Phi) is 5.40. The summed E-state index contributed by atoms with van der Waals surface area (Å²) in [5, 5.41) is 4.83. The van der Waals surface area contributed by atoms with Crippen LogP contribution in [-0.4, -0.2) is 36.9 Å². The van der Waals surface area contributed by atoms with Gasteiger partial charge in [-0.2, -0.15) is 0 Å². The van der Waals surface area contributed by atoms with Crippen LogP contribution in [0.25, 0.3) is 0 Å². The molecule has 0 unspecified atom stereocenters. The van der Waals surface area contributed by atoms with Crippen LogP contribution in [0.2, 0.25) is 0 Å². The zero-order chi connectivity index (χ0) is 20.4.